The Balaban J connectivity index is 2.13. The molecule has 0 aliphatic rings. The maximum absolute atomic E-state index is 11.9. The second-order valence-electron chi connectivity index (χ2n) is 4.01. The lowest BCUT2D eigenvalue weighted by Gasteiger charge is -2.07. The van der Waals surface area contributed by atoms with Gasteiger partial charge >= 0.3 is 5.97 Å². The average molecular weight is 288 g/mol. The van der Waals surface area contributed by atoms with E-state index in [1.165, 1.54) is 18.2 Å². The van der Waals surface area contributed by atoms with Gasteiger partial charge in [0.2, 0.25) is 0 Å². The molecule has 0 unspecified atom stereocenters. The first-order chi connectivity index (χ1) is 9.61. The Labute approximate surface area is 120 Å². The van der Waals surface area contributed by atoms with Gasteiger partial charge in [0.15, 0.2) is 0 Å². The smallest absolute Gasteiger partial charge is 0.342 e. The third-order valence-electron chi connectivity index (χ3n) is 2.68. The standard InChI is InChI=1S/C15H10ClNO3/c16-12-5-6-14(18)13(7-12)15(19)20-9-11-4-2-1-3-10(11)8-17/h1-7,18H,9H2. The fourth-order valence-corrected chi connectivity index (χ4v) is 1.82. The van der Waals surface area contributed by atoms with Crippen LogP contribution >= 0.6 is 11.6 Å². The normalized spacial score (nSPS) is 9.80. The molecule has 1 N–H and O–H groups in total. The number of phenolic OH excluding ortho intramolecular Hbond substituents is 1. The molecule has 0 amide bonds. The van der Waals surface area contributed by atoms with E-state index in [-0.39, 0.29) is 17.9 Å². The van der Waals surface area contributed by atoms with Crippen molar-refractivity contribution in [2.24, 2.45) is 0 Å². The fourth-order valence-electron chi connectivity index (χ4n) is 1.65. The van der Waals surface area contributed by atoms with Crippen LogP contribution in [-0.4, -0.2) is 11.1 Å². The Bertz CT molecular complexity index is 692. The molecule has 0 aliphatic carbocycles. The lowest BCUT2D eigenvalue weighted by molar-refractivity contribution is 0.0469. The van der Waals surface area contributed by atoms with Crippen molar-refractivity contribution in [1.29, 1.82) is 5.26 Å². The predicted octanol–water partition coefficient (Wildman–Crippen LogP) is 3.27. The van der Waals surface area contributed by atoms with Gasteiger partial charge in [0.05, 0.1) is 11.6 Å². The number of ether oxygens (including phenoxy) is 1. The first-order valence-corrected chi connectivity index (χ1v) is 6.13. The lowest BCUT2D eigenvalue weighted by atomic mass is 10.1. The van der Waals surface area contributed by atoms with E-state index in [1.54, 1.807) is 24.3 Å². The van der Waals surface area contributed by atoms with Crippen molar-refractivity contribution in [1.82, 2.24) is 0 Å². The van der Waals surface area contributed by atoms with Crippen LogP contribution in [0.5, 0.6) is 5.75 Å². The molecule has 0 aromatic heterocycles. The summed E-state index contributed by atoms with van der Waals surface area (Å²) in [5.41, 5.74) is 1.03. The van der Waals surface area contributed by atoms with Crippen molar-refractivity contribution in [2.45, 2.75) is 6.61 Å². The van der Waals surface area contributed by atoms with Crippen molar-refractivity contribution < 1.29 is 14.6 Å². The van der Waals surface area contributed by atoms with E-state index in [2.05, 4.69) is 0 Å². The highest BCUT2D eigenvalue weighted by Gasteiger charge is 2.14. The summed E-state index contributed by atoms with van der Waals surface area (Å²) in [6.45, 7) is -0.0471. The number of nitrogens with zero attached hydrogens (tertiary/aromatic N) is 1. The van der Waals surface area contributed by atoms with Crippen molar-refractivity contribution in [3.63, 3.8) is 0 Å². The Kier molecular flexibility index (Phi) is 4.24. The van der Waals surface area contributed by atoms with Crippen LogP contribution in [0.3, 0.4) is 0 Å². The molecule has 5 heteroatoms. The number of hydrogen-bond donors (Lipinski definition) is 1. The van der Waals surface area contributed by atoms with Crippen LogP contribution in [0.15, 0.2) is 42.5 Å². The molecule has 100 valence electrons. The van der Waals surface area contributed by atoms with Gasteiger partial charge in [0.25, 0.3) is 0 Å². The van der Waals surface area contributed by atoms with Gasteiger partial charge in [-0.15, -0.1) is 0 Å². The topological polar surface area (TPSA) is 70.3 Å². The number of rotatable bonds is 3. The molecule has 0 heterocycles. The first kappa shape index (κ1) is 13.9. The lowest BCUT2D eigenvalue weighted by Crippen LogP contribution is -2.06. The zero-order valence-electron chi connectivity index (χ0n) is 10.3. The number of carbonyl (C=O) groups is 1. The summed E-state index contributed by atoms with van der Waals surface area (Å²) in [4.78, 5) is 11.9. The summed E-state index contributed by atoms with van der Waals surface area (Å²) < 4.78 is 5.08. The number of aromatic hydroxyl groups is 1. The highest BCUT2D eigenvalue weighted by molar-refractivity contribution is 6.31. The molecule has 0 aliphatic heterocycles. The van der Waals surface area contributed by atoms with Crippen molar-refractivity contribution in [3.8, 4) is 11.8 Å². The molecule has 2 aromatic carbocycles. The van der Waals surface area contributed by atoms with Crippen LogP contribution in [0.1, 0.15) is 21.5 Å². The van der Waals surface area contributed by atoms with Gasteiger partial charge in [-0.1, -0.05) is 29.8 Å². The molecule has 0 saturated heterocycles. The Morgan fingerprint density at radius 1 is 1.30 bits per heavy atom. The summed E-state index contributed by atoms with van der Waals surface area (Å²) in [5, 5.41) is 18.9. The Morgan fingerprint density at radius 3 is 2.80 bits per heavy atom. The van der Waals surface area contributed by atoms with E-state index in [9.17, 15) is 9.90 Å². The summed E-state index contributed by atoms with van der Waals surface area (Å²) in [6.07, 6.45) is 0. The van der Waals surface area contributed by atoms with Gasteiger partial charge < -0.3 is 9.84 Å². The van der Waals surface area contributed by atoms with Crippen LogP contribution in [0.4, 0.5) is 0 Å². The minimum absolute atomic E-state index is 0.00746. The van der Waals surface area contributed by atoms with Gasteiger partial charge in [-0.3, -0.25) is 0 Å². The van der Waals surface area contributed by atoms with E-state index in [0.717, 1.165) is 0 Å². The van der Waals surface area contributed by atoms with Gasteiger partial charge in [0.1, 0.15) is 17.9 Å². The van der Waals surface area contributed by atoms with E-state index in [4.69, 9.17) is 21.6 Å². The quantitative estimate of drug-likeness (QED) is 0.880. The van der Waals surface area contributed by atoms with E-state index in [1.807, 2.05) is 6.07 Å². The molecule has 0 radical (unpaired) electrons. The maximum atomic E-state index is 11.9. The van der Waals surface area contributed by atoms with Crippen molar-refractivity contribution >= 4 is 17.6 Å². The SMILES string of the molecule is N#Cc1ccccc1COC(=O)c1cc(Cl)ccc1O. The number of carbonyl (C=O) groups excluding carboxylic acids is 1. The number of hydrogen-bond acceptors (Lipinski definition) is 4. The summed E-state index contributed by atoms with van der Waals surface area (Å²) in [5.74, 6) is -0.897. The van der Waals surface area contributed by atoms with Crippen LogP contribution in [0.2, 0.25) is 5.02 Å². The van der Waals surface area contributed by atoms with Crippen LogP contribution < -0.4 is 0 Å². The van der Waals surface area contributed by atoms with Crippen LogP contribution in [-0.2, 0) is 11.3 Å². The molecule has 20 heavy (non-hydrogen) atoms. The first-order valence-electron chi connectivity index (χ1n) is 5.75. The number of halogens is 1. The largest absolute Gasteiger partial charge is 0.507 e. The molecular weight excluding hydrogens is 278 g/mol. The van der Waals surface area contributed by atoms with Crippen molar-refractivity contribution in [3.05, 3.63) is 64.2 Å². The molecule has 2 aromatic rings. The van der Waals surface area contributed by atoms with Crippen LogP contribution in [0, 0.1) is 11.3 Å². The van der Waals surface area contributed by atoms with Gasteiger partial charge in [-0.2, -0.15) is 5.26 Å². The summed E-state index contributed by atoms with van der Waals surface area (Å²) in [7, 11) is 0. The minimum Gasteiger partial charge on any atom is -0.507 e. The number of nitriles is 1. The van der Waals surface area contributed by atoms with Gasteiger partial charge in [0, 0.05) is 10.6 Å². The summed E-state index contributed by atoms with van der Waals surface area (Å²) in [6, 6.07) is 13.0. The third kappa shape index (κ3) is 3.08. The van der Waals surface area contributed by atoms with Crippen LogP contribution in [0.25, 0.3) is 0 Å². The van der Waals surface area contributed by atoms with E-state index >= 15 is 0 Å². The molecule has 0 bridgehead atoms. The predicted molar refractivity (Wildman–Crippen MR) is 73.4 cm³/mol. The molecule has 0 spiro atoms. The molecular formula is C15H10ClNO3. The maximum Gasteiger partial charge on any atom is 0.342 e. The third-order valence-corrected chi connectivity index (χ3v) is 2.91. The zero-order valence-corrected chi connectivity index (χ0v) is 11.1. The summed E-state index contributed by atoms with van der Waals surface area (Å²) >= 11 is 5.76. The minimum atomic E-state index is -0.697. The zero-order chi connectivity index (χ0) is 14.5. The number of benzene rings is 2. The van der Waals surface area contributed by atoms with Gasteiger partial charge in [-0.25, -0.2) is 4.79 Å². The number of esters is 1. The molecule has 4 nitrogen and oxygen atoms in total. The second kappa shape index (κ2) is 6.09. The van der Waals surface area contributed by atoms with E-state index in [0.29, 0.717) is 16.1 Å². The molecule has 0 fully saturated rings. The van der Waals surface area contributed by atoms with Gasteiger partial charge in [-0.05, 0) is 24.3 Å². The molecule has 0 saturated carbocycles. The molecule has 0 atom stereocenters. The number of phenols is 1. The second-order valence-corrected chi connectivity index (χ2v) is 4.44. The average Bonchev–Trinajstić information content (AvgIpc) is 2.47. The highest BCUT2D eigenvalue weighted by Crippen LogP contribution is 2.22. The highest BCUT2D eigenvalue weighted by atomic mass is 35.5. The van der Waals surface area contributed by atoms with E-state index < -0.39 is 5.97 Å². The Hall–Kier alpha value is -2.51. The monoisotopic (exact) mass is 287 g/mol. The Morgan fingerprint density at radius 2 is 2.05 bits per heavy atom. The molecule has 2 rings (SSSR count). The van der Waals surface area contributed by atoms with Crippen molar-refractivity contribution in [2.75, 3.05) is 0 Å². The fraction of sp³-hybridized carbons (Fsp3) is 0.0667.